The van der Waals surface area contributed by atoms with Crippen LogP contribution in [0.25, 0.3) is 6.08 Å². The lowest BCUT2D eigenvalue weighted by atomic mass is 9.80. The summed E-state index contributed by atoms with van der Waals surface area (Å²) in [5.41, 5.74) is 4.25. The van der Waals surface area contributed by atoms with Gasteiger partial charge in [0, 0.05) is 22.7 Å². The summed E-state index contributed by atoms with van der Waals surface area (Å²) in [4.78, 5) is 41.6. The zero-order chi connectivity index (χ0) is 23.4. The van der Waals surface area contributed by atoms with Gasteiger partial charge in [-0.2, -0.15) is 0 Å². The lowest BCUT2D eigenvalue weighted by Crippen LogP contribution is -2.54. The highest BCUT2D eigenvalue weighted by atomic mass is 79.9. The molecule has 1 N–H and O–H groups in total. The average Bonchev–Trinajstić information content (AvgIpc) is 2.70. The van der Waals surface area contributed by atoms with E-state index in [1.807, 2.05) is 31.2 Å². The van der Waals surface area contributed by atoms with Crippen molar-refractivity contribution in [1.82, 2.24) is 5.32 Å². The highest BCUT2D eigenvalue weighted by Gasteiger charge is 2.38. The van der Waals surface area contributed by atoms with Gasteiger partial charge in [0.2, 0.25) is 0 Å². The Bertz CT molecular complexity index is 1180. The Balaban J connectivity index is 1.74. The summed E-state index contributed by atoms with van der Waals surface area (Å²) < 4.78 is 0.840. The van der Waals surface area contributed by atoms with Crippen LogP contribution in [0, 0.1) is 6.92 Å². The molecule has 2 aromatic carbocycles. The van der Waals surface area contributed by atoms with E-state index in [-0.39, 0.29) is 11.1 Å². The van der Waals surface area contributed by atoms with Crippen molar-refractivity contribution in [3.05, 3.63) is 63.1 Å². The molecule has 1 saturated heterocycles. The highest BCUT2D eigenvalue weighted by molar-refractivity contribution is 9.10. The molecular formula is C25H26BrN3O3. The number of nitrogens with zero attached hydrogens (tertiary/aromatic N) is 2. The summed E-state index contributed by atoms with van der Waals surface area (Å²) in [5, 5.41) is 2.30. The van der Waals surface area contributed by atoms with E-state index >= 15 is 0 Å². The van der Waals surface area contributed by atoms with Crippen molar-refractivity contribution >= 4 is 51.2 Å². The fourth-order valence-corrected chi connectivity index (χ4v) is 5.07. The maximum absolute atomic E-state index is 13.2. The minimum absolute atomic E-state index is 0.0506. The summed E-state index contributed by atoms with van der Waals surface area (Å²) in [6.07, 6.45) is 2.57. The number of hydrogen-bond acceptors (Lipinski definition) is 4. The molecule has 0 radical (unpaired) electrons. The van der Waals surface area contributed by atoms with Crippen LogP contribution in [0.3, 0.4) is 0 Å². The Morgan fingerprint density at radius 2 is 1.78 bits per heavy atom. The van der Waals surface area contributed by atoms with E-state index in [2.05, 4.69) is 54.0 Å². The van der Waals surface area contributed by atoms with E-state index in [9.17, 15) is 14.4 Å². The van der Waals surface area contributed by atoms with Crippen LogP contribution in [0.2, 0.25) is 0 Å². The van der Waals surface area contributed by atoms with Gasteiger partial charge in [-0.25, -0.2) is 9.69 Å². The zero-order valence-electron chi connectivity index (χ0n) is 18.8. The molecule has 1 fully saturated rings. The molecule has 0 aliphatic carbocycles. The molecule has 2 heterocycles. The first-order valence-corrected chi connectivity index (χ1v) is 11.3. The molecule has 0 aromatic heterocycles. The van der Waals surface area contributed by atoms with E-state index in [4.69, 9.17) is 0 Å². The molecule has 0 saturated carbocycles. The predicted molar refractivity (Wildman–Crippen MR) is 130 cm³/mol. The summed E-state index contributed by atoms with van der Waals surface area (Å²) in [6, 6.07) is 10.5. The number of benzene rings is 2. The third kappa shape index (κ3) is 3.75. The minimum atomic E-state index is -0.745. The summed E-state index contributed by atoms with van der Waals surface area (Å²) in [7, 11) is 2.09. The zero-order valence-corrected chi connectivity index (χ0v) is 20.4. The number of carbonyl (C=O) groups is 3. The molecule has 2 aromatic rings. The van der Waals surface area contributed by atoms with Crippen LogP contribution >= 0.6 is 15.9 Å². The first-order chi connectivity index (χ1) is 15.0. The number of halogens is 1. The Labute approximate surface area is 196 Å². The van der Waals surface area contributed by atoms with E-state index < -0.39 is 17.8 Å². The van der Waals surface area contributed by atoms with Crippen LogP contribution in [0.4, 0.5) is 16.2 Å². The van der Waals surface area contributed by atoms with Crippen molar-refractivity contribution in [1.29, 1.82) is 0 Å². The number of fused-ring (bicyclic) bond motifs is 1. The van der Waals surface area contributed by atoms with Gasteiger partial charge in [-0.3, -0.25) is 14.9 Å². The second kappa shape index (κ2) is 7.89. The Hall–Kier alpha value is -2.93. The molecule has 32 heavy (non-hydrogen) atoms. The largest absolute Gasteiger partial charge is 0.369 e. The smallest absolute Gasteiger partial charge is 0.335 e. The van der Waals surface area contributed by atoms with E-state index in [1.165, 1.54) is 5.56 Å². The van der Waals surface area contributed by atoms with Crippen LogP contribution in [0.15, 0.2) is 46.4 Å². The number of hydrogen-bond donors (Lipinski definition) is 1. The van der Waals surface area contributed by atoms with Gasteiger partial charge in [-0.1, -0.05) is 28.9 Å². The van der Waals surface area contributed by atoms with Gasteiger partial charge in [0.25, 0.3) is 11.8 Å². The fourth-order valence-electron chi connectivity index (χ4n) is 4.60. The number of aryl methyl sites for hydroxylation is 1. The topological polar surface area (TPSA) is 69.7 Å². The molecule has 2 aliphatic rings. The monoisotopic (exact) mass is 495 g/mol. The molecule has 0 bridgehead atoms. The van der Waals surface area contributed by atoms with Crippen molar-refractivity contribution < 1.29 is 14.4 Å². The van der Waals surface area contributed by atoms with Crippen LogP contribution in [-0.4, -0.2) is 30.4 Å². The third-order valence-electron chi connectivity index (χ3n) is 6.47. The van der Waals surface area contributed by atoms with E-state index in [0.29, 0.717) is 11.6 Å². The maximum Gasteiger partial charge on any atom is 0.335 e. The van der Waals surface area contributed by atoms with Crippen molar-refractivity contribution in [3.8, 4) is 0 Å². The molecule has 1 atom stereocenters. The lowest BCUT2D eigenvalue weighted by molar-refractivity contribution is -0.122. The number of carbonyl (C=O) groups excluding carboxylic acids is 3. The Morgan fingerprint density at radius 3 is 2.47 bits per heavy atom. The molecule has 7 heteroatoms. The summed E-state index contributed by atoms with van der Waals surface area (Å²) in [6.45, 7) is 8.45. The van der Waals surface area contributed by atoms with Crippen LogP contribution in [0.1, 0.15) is 49.8 Å². The van der Waals surface area contributed by atoms with Gasteiger partial charge < -0.3 is 4.90 Å². The summed E-state index contributed by atoms with van der Waals surface area (Å²) in [5.74, 6) is -0.975. The van der Waals surface area contributed by atoms with Gasteiger partial charge in [0.1, 0.15) is 5.57 Å². The van der Waals surface area contributed by atoms with Gasteiger partial charge in [0.15, 0.2) is 0 Å². The van der Waals surface area contributed by atoms with Crippen molar-refractivity contribution in [2.45, 2.75) is 45.6 Å². The SMILES string of the molecule is Cc1cc(Br)ccc1N1C(=O)NC(=O)/C(=C/c2ccc3c(c2)C(C)CC(C)(C)N3C)C1=O. The van der Waals surface area contributed by atoms with Gasteiger partial charge in [0.05, 0.1) is 5.69 Å². The number of nitrogens with one attached hydrogen (secondary N) is 1. The Kier molecular flexibility index (Phi) is 5.49. The van der Waals surface area contributed by atoms with Crippen molar-refractivity contribution in [3.63, 3.8) is 0 Å². The Morgan fingerprint density at radius 1 is 1.09 bits per heavy atom. The van der Waals surface area contributed by atoms with Gasteiger partial charge in [-0.15, -0.1) is 0 Å². The number of barbiturate groups is 1. The second-order valence-corrected chi connectivity index (χ2v) is 10.1. The van der Waals surface area contributed by atoms with Crippen LogP contribution in [-0.2, 0) is 9.59 Å². The van der Waals surface area contributed by atoms with Gasteiger partial charge in [-0.05, 0) is 86.2 Å². The third-order valence-corrected chi connectivity index (χ3v) is 6.96. The predicted octanol–water partition coefficient (Wildman–Crippen LogP) is 5.15. The molecule has 0 spiro atoms. The minimum Gasteiger partial charge on any atom is -0.369 e. The second-order valence-electron chi connectivity index (χ2n) is 9.18. The molecule has 1 unspecified atom stereocenters. The number of amides is 4. The standard InChI is InChI=1S/C25H26BrN3O3/c1-14-10-17(26)7-9-20(14)29-23(31)19(22(30)27-24(29)32)12-16-6-8-21-18(11-16)15(2)13-25(3,4)28(21)5/h6-12,15H,13H2,1-5H3,(H,27,30,32)/b19-12-. The van der Waals surface area contributed by atoms with Crippen molar-refractivity contribution in [2.75, 3.05) is 16.8 Å². The fraction of sp³-hybridized carbons (Fsp3) is 0.320. The first kappa shape index (κ1) is 22.3. The molecular weight excluding hydrogens is 470 g/mol. The maximum atomic E-state index is 13.2. The number of anilines is 2. The number of urea groups is 1. The van der Waals surface area contributed by atoms with E-state index in [0.717, 1.165) is 32.6 Å². The highest BCUT2D eigenvalue weighted by Crippen LogP contribution is 2.42. The molecule has 2 aliphatic heterocycles. The molecule has 4 amide bonds. The molecule has 166 valence electrons. The molecule has 4 rings (SSSR count). The number of rotatable bonds is 2. The van der Waals surface area contributed by atoms with Gasteiger partial charge >= 0.3 is 6.03 Å². The van der Waals surface area contributed by atoms with Crippen LogP contribution < -0.4 is 15.1 Å². The van der Waals surface area contributed by atoms with Crippen molar-refractivity contribution in [2.24, 2.45) is 0 Å². The average molecular weight is 496 g/mol. The van der Waals surface area contributed by atoms with E-state index in [1.54, 1.807) is 18.2 Å². The number of imide groups is 2. The first-order valence-electron chi connectivity index (χ1n) is 10.5. The summed E-state index contributed by atoms with van der Waals surface area (Å²) >= 11 is 3.39. The quantitative estimate of drug-likeness (QED) is 0.462. The normalized spacial score (nSPS) is 21.6. The van der Waals surface area contributed by atoms with Crippen LogP contribution in [0.5, 0.6) is 0 Å². The molecule has 6 nitrogen and oxygen atoms in total. The lowest BCUT2D eigenvalue weighted by Gasteiger charge is -2.45.